The Bertz CT molecular complexity index is 1640. The second kappa shape index (κ2) is 9.87. The first-order chi connectivity index (χ1) is 19.1. The van der Waals surface area contributed by atoms with Gasteiger partial charge in [-0.05, 0) is 67.7 Å². The van der Waals surface area contributed by atoms with Crippen molar-refractivity contribution in [1.82, 2.24) is 19.3 Å². The normalized spacial score (nSPS) is 21.1. The van der Waals surface area contributed by atoms with Crippen LogP contribution in [0.2, 0.25) is 0 Å². The van der Waals surface area contributed by atoms with Crippen LogP contribution in [0.1, 0.15) is 49.0 Å². The van der Waals surface area contributed by atoms with E-state index < -0.39 is 0 Å². The number of hydrogen-bond acceptors (Lipinski definition) is 5. The molecular formula is C32H32N4O2S. The van der Waals surface area contributed by atoms with Gasteiger partial charge < -0.3 is 8.98 Å². The number of furan rings is 1. The molecule has 0 saturated heterocycles. The van der Waals surface area contributed by atoms with Gasteiger partial charge in [0.25, 0.3) is 0 Å². The fraction of sp³-hybridized carbons (Fsp3) is 0.344. The molecule has 2 aliphatic rings. The lowest BCUT2D eigenvalue weighted by Gasteiger charge is -2.30. The van der Waals surface area contributed by atoms with Gasteiger partial charge in [0.2, 0.25) is 5.82 Å². The van der Waals surface area contributed by atoms with Crippen molar-refractivity contribution in [3.8, 4) is 22.8 Å². The predicted octanol–water partition coefficient (Wildman–Crippen LogP) is 7.67. The molecular weight excluding hydrogens is 504 g/mol. The van der Waals surface area contributed by atoms with Crippen molar-refractivity contribution in [2.24, 2.45) is 24.8 Å². The van der Waals surface area contributed by atoms with Gasteiger partial charge in [-0.1, -0.05) is 66.7 Å². The molecule has 39 heavy (non-hydrogen) atoms. The van der Waals surface area contributed by atoms with E-state index in [0.29, 0.717) is 5.92 Å². The van der Waals surface area contributed by atoms with E-state index >= 15 is 0 Å². The SMILES string of the molecule is C[C@@H]([C@H]1C[C@H]2CC[C@H]1C2)n1c(SCC(=O)c2c(-c3ccccc3)n(C)c3ccccc23)nnc1-c1ccco1. The Hall–Kier alpha value is -3.58. The van der Waals surface area contributed by atoms with Crippen LogP contribution in [0.4, 0.5) is 0 Å². The Morgan fingerprint density at radius 1 is 1.03 bits per heavy atom. The lowest BCUT2D eigenvalue weighted by Crippen LogP contribution is -2.23. The van der Waals surface area contributed by atoms with Gasteiger partial charge in [0.1, 0.15) is 0 Å². The topological polar surface area (TPSA) is 65.8 Å². The molecule has 0 unspecified atom stereocenters. The monoisotopic (exact) mass is 536 g/mol. The van der Waals surface area contributed by atoms with E-state index in [9.17, 15) is 4.79 Å². The van der Waals surface area contributed by atoms with Crippen LogP contribution in [0, 0.1) is 17.8 Å². The summed E-state index contributed by atoms with van der Waals surface area (Å²) in [6, 6.07) is 22.4. The van der Waals surface area contributed by atoms with Crippen LogP contribution in [0.15, 0.2) is 82.6 Å². The largest absolute Gasteiger partial charge is 0.461 e. The number of aromatic nitrogens is 4. The summed E-state index contributed by atoms with van der Waals surface area (Å²) in [7, 11) is 2.04. The Balaban J connectivity index is 1.24. The van der Waals surface area contributed by atoms with Crippen LogP contribution in [0.5, 0.6) is 0 Å². The average molecular weight is 537 g/mol. The molecule has 2 aliphatic carbocycles. The zero-order chi connectivity index (χ0) is 26.5. The maximum atomic E-state index is 14.0. The molecule has 0 aliphatic heterocycles. The summed E-state index contributed by atoms with van der Waals surface area (Å²) in [6.45, 7) is 2.30. The highest BCUT2D eigenvalue weighted by Crippen LogP contribution is 2.53. The van der Waals surface area contributed by atoms with Crippen molar-refractivity contribution < 1.29 is 9.21 Å². The van der Waals surface area contributed by atoms with Gasteiger partial charge in [0.15, 0.2) is 16.7 Å². The minimum atomic E-state index is 0.0947. The van der Waals surface area contributed by atoms with Crippen LogP contribution in [0.3, 0.4) is 0 Å². The molecule has 5 aromatic rings. The first-order valence-electron chi connectivity index (χ1n) is 13.9. The Morgan fingerprint density at radius 2 is 1.85 bits per heavy atom. The number of benzene rings is 2. The molecule has 3 heterocycles. The summed E-state index contributed by atoms with van der Waals surface area (Å²) in [5.74, 6) is 4.07. The number of ketones is 1. The van der Waals surface area contributed by atoms with Crippen molar-refractivity contribution >= 4 is 28.4 Å². The number of carbonyl (C=O) groups is 1. The van der Waals surface area contributed by atoms with Crippen molar-refractivity contribution in [3.05, 3.63) is 78.6 Å². The molecule has 2 fully saturated rings. The summed E-state index contributed by atoms with van der Waals surface area (Å²) in [6.07, 6.45) is 6.98. The van der Waals surface area contributed by atoms with Crippen LogP contribution >= 0.6 is 11.8 Å². The summed E-state index contributed by atoms with van der Waals surface area (Å²) in [5.41, 5.74) is 3.82. The number of carbonyl (C=O) groups excluding carboxylic acids is 1. The number of Topliss-reactive ketones (excluding diaryl/α,β-unsaturated/α-hetero) is 1. The second-order valence-electron chi connectivity index (χ2n) is 11.1. The number of aryl methyl sites for hydroxylation is 1. The van der Waals surface area contributed by atoms with Crippen LogP contribution in [-0.2, 0) is 7.05 Å². The van der Waals surface area contributed by atoms with Gasteiger partial charge >= 0.3 is 0 Å². The quantitative estimate of drug-likeness (QED) is 0.150. The smallest absolute Gasteiger partial charge is 0.200 e. The molecule has 2 bridgehead atoms. The van der Waals surface area contributed by atoms with E-state index in [-0.39, 0.29) is 17.6 Å². The first-order valence-corrected chi connectivity index (χ1v) is 14.9. The Morgan fingerprint density at radius 3 is 2.59 bits per heavy atom. The molecule has 4 atom stereocenters. The zero-order valence-electron chi connectivity index (χ0n) is 22.3. The number of hydrogen-bond donors (Lipinski definition) is 0. The van der Waals surface area contributed by atoms with Gasteiger partial charge in [-0.15, -0.1) is 10.2 Å². The van der Waals surface area contributed by atoms with Crippen LogP contribution < -0.4 is 0 Å². The number of fused-ring (bicyclic) bond motifs is 3. The van der Waals surface area contributed by atoms with E-state index in [1.807, 2.05) is 55.6 Å². The van der Waals surface area contributed by atoms with E-state index in [1.54, 1.807) is 6.26 Å². The third-order valence-corrected chi connectivity index (χ3v) is 9.93. The molecule has 2 saturated carbocycles. The molecule has 7 heteroatoms. The molecule has 0 radical (unpaired) electrons. The lowest BCUT2D eigenvalue weighted by molar-refractivity contribution is 0.102. The van der Waals surface area contributed by atoms with Crippen molar-refractivity contribution in [2.75, 3.05) is 5.75 Å². The summed E-state index contributed by atoms with van der Waals surface area (Å²) >= 11 is 1.49. The van der Waals surface area contributed by atoms with Gasteiger partial charge in [-0.3, -0.25) is 9.36 Å². The third-order valence-electron chi connectivity index (χ3n) is 8.99. The number of nitrogens with zero attached hydrogens (tertiary/aromatic N) is 4. The van der Waals surface area contributed by atoms with Gasteiger partial charge in [0.05, 0.1) is 23.3 Å². The number of rotatable bonds is 8. The lowest BCUT2D eigenvalue weighted by atomic mass is 9.84. The third kappa shape index (κ3) is 4.15. The van der Waals surface area contributed by atoms with Gasteiger partial charge in [0, 0.05) is 24.0 Å². The second-order valence-corrected chi connectivity index (χ2v) is 12.1. The summed E-state index contributed by atoms with van der Waals surface area (Å²) in [4.78, 5) is 14.0. The molecule has 2 aromatic carbocycles. The average Bonchev–Trinajstić information content (AvgIpc) is 3.80. The van der Waals surface area contributed by atoms with E-state index in [0.717, 1.165) is 56.3 Å². The molecule has 6 nitrogen and oxygen atoms in total. The fourth-order valence-electron chi connectivity index (χ4n) is 7.20. The first kappa shape index (κ1) is 24.5. The minimum Gasteiger partial charge on any atom is -0.461 e. The predicted molar refractivity (Wildman–Crippen MR) is 155 cm³/mol. The standard InChI is InChI=1S/C32H32N4O2S/c1-20(25-18-21-14-15-23(25)17-21)36-31(28-13-8-16-38-28)33-34-32(36)39-19-27(37)29-24-11-6-7-12-26(24)35(2)30(29)22-9-4-3-5-10-22/h3-13,16,20-21,23,25H,14-15,17-19H2,1-2H3/t20-,21-,23-,25+/m0/s1. The highest BCUT2D eigenvalue weighted by molar-refractivity contribution is 7.99. The molecule has 0 amide bonds. The molecule has 0 N–H and O–H groups in total. The van der Waals surface area contributed by atoms with Crippen molar-refractivity contribution in [2.45, 2.75) is 43.8 Å². The van der Waals surface area contributed by atoms with E-state index in [4.69, 9.17) is 4.42 Å². The van der Waals surface area contributed by atoms with E-state index in [2.05, 4.69) is 44.5 Å². The Labute approximate surface area is 232 Å². The fourth-order valence-corrected chi connectivity index (χ4v) is 8.10. The molecule has 7 rings (SSSR count). The maximum Gasteiger partial charge on any atom is 0.200 e. The molecule has 3 aromatic heterocycles. The summed E-state index contributed by atoms with van der Waals surface area (Å²) in [5, 5.41) is 10.9. The van der Waals surface area contributed by atoms with Crippen molar-refractivity contribution in [1.29, 1.82) is 0 Å². The highest BCUT2D eigenvalue weighted by atomic mass is 32.2. The molecule has 0 spiro atoms. The zero-order valence-corrected chi connectivity index (χ0v) is 23.1. The summed E-state index contributed by atoms with van der Waals surface area (Å²) < 4.78 is 10.1. The van der Waals surface area contributed by atoms with Crippen molar-refractivity contribution in [3.63, 3.8) is 0 Å². The number of thioether (sulfide) groups is 1. The van der Waals surface area contributed by atoms with Crippen LogP contribution in [-0.4, -0.2) is 30.9 Å². The minimum absolute atomic E-state index is 0.0947. The van der Waals surface area contributed by atoms with Crippen LogP contribution in [0.25, 0.3) is 33.7 Å². The van der Waals surface area contributed by atoms with E-state index in [1.165, 1.54) is 37.4 Å². The number of para-hydroxylation sites is 1. The molecule has 198 valence electrons. The maximum absolute atomic E-state index is 14.0. The van der Waals surface area contributed by atoms with Gasteiger partial charge in [-0.25, -0.2) is 0 Å². The highest BCUT2D eigenvalue weighted by Gasteiger charge is 2.43. The van der Waals surface area contributed by atoms with Gasteiger partial charge in [-0.2, -0.15) is 0 Å². The Kier molecular flexibility index (Phi) is 6.19.